The smallest absolute Gasteiger partial charge is 0.255 e. The number of rotatable bonds is 17. The van der Waals surface area contributed by atoms with Crippen molar-refractivity contribution in [3.63, 3.8) is 0 Å². The van der Waals surface area contributed by atoms with Crippen molar-refractivity contribution in [1.29, 1.82) is 5.41 Å². The molecule has 8 rings (SSSR count). The fraction of sp³-hybridized carbons (Fsp3) is 0.431. The molecule has 15 nitrogen and oxygen atoms in total. The number of likely N-dealkylation sites (tertiary alicyclic amines) is 3. The number of aromatic nitrogens is 2. The van der Waals surface area contributed by atoms with Crippen LogP contribution < -0.4 is 21.1 Å². The van der Waals surface area contributed by atoms with Gasteiger partial charge in [0.05, 0.1) is 11.3 Å². The lowest BCUT2D eigenvalue weighted by Crippen LogP contribution is -2.46. The second kappa shape index (κ2) is 21.7. The molecule has 66 heavy (non-hydrogen) atoms. The lowest BCUT2D eigenvalue weighted by Gasteiger charge is -2.37. The third-order valence-corrected chi connectivity index (χ3v) is 13.7. The molecule has 346 valence electrons. The van der Waals surface area contributed by atoms with Gasteiger partial charge in [0.2, 0.25) is 18.2 Å². The maximum Gasteiger partial charge on any atom is 0.255 e. The summed E-state index contributed by atoms with van der Waals surface area (Å²) in [6.07, 6.45) is 12.7. The number of fused-ring (bicyclic) bond motifs is 1. The predicted molar refractivity (Wildman–Crippen MR) is 254 cm³/mol. The molecule has 0 radical (unpaired) electrons. The molecule has 4 amide bonds. The molecule has 0 aliphatic carbocycles. The van der Waals surface area contributed by atoms with Crippen molar-refractivity contribution in [1.82, 2.24) is 34.9 Å². The average molecular weight is 895 g/mol. The van der Waals surface area contributed by atoms with Gasteiger partial charge in [-0.05, 0) is 123 Å². The number of hydrogen-bond donors (Lipinski definition) is 4. The van der Waals surface area contributed by atoms with Crippen LogP contribution in [0.25, 0.3) is 0 Å². The van der Waals surface area contributed by atoms with E-state index in [1.165, 1.54) is 6.33 Å². The molecule has 3 aromatic carbocycles. The fourth-order valence-electron chi connectivity index (χ4n) is 9.95. The largest absolute Gasteiger partial charge is 0.457 e. The minimum Gasteiger partial charge on any atom is -0.457 e. The van der Waals surface area contributed by atoms with Gasteiger partial charge in [-0.2, -0.15) is 0 Å². The van der Waals surface area contributed by atoms with Gasteiger partial charge in [0.15, 0.2) is 0 Å². The summed E-state index contributed by atoms with van der Waals surface area (Å²) < 4.78 is 5.93. The van der Waals surface area contributed by atoms with E-state index in [1.807, 2.05) is 84.6 Å². The molecule has 1 atom stereocenters. The lowest BCUT2D eigenvalue weighted by atomic mass is 9.88. The molecule has 5 N–H and O–H groups in total. The van der Waals surface area contributed by atoms with Gasteiger partial charge in [-0.1, -0.05) is 49.8 Å². The number of nitrogens with zero attached hydrogens (tertiary/aromatic N) is 6. The Morgan fingerprint density at radius 1 is 0.894 bits per heavy atom. The number of ether oxygens (including phenoxy) is 1. The van der Waals surface area contributed by atoms with Crippen molar-refractivity contribution < 1.29 is 23.9 Å². The van der Waals surface area contributed by atoms with Gasteiger partial charge < -0.3 is 30.5 Å². The molecule has 4 aliphatic heterocycles. The zero-order valence-corrected chi connectivity index (χ0v) is 37.9. The molecule has 0 bridgehead atoms. The summed E-state index contributed by atoms with van der Waals surface area (Å²) in [6.45, 7) is 9.56. The number of benzene rings is 3. The maximum atomic E-state index is 13.2. The van der Waals surface area contributed by atoms with E-state index < -0.39 is 11.9 Å². The van der Waals surface area contributed by atoms with Gasteiger partial charge >= 0.3 is 0 Å². The van der Waals surface area contributed by atoms with E-state index in [0.29, 0.717) is 73.1 Å². The number of amides is 4. The molecular weight excluding hydrogens is 833 g/mol. The maximum absolute atomic E-state index is 13.2. The second-order valence-electron chi connectivity index (χ2n) is 18.0. The molecule has 15 heteroatoms. The van der Waals surface area contributed by atoms with E-state index in [9.17, 15) is 19.2 Å². The highest BCUT2D eigenvalue weighted by atomic mass is 16.5. The number of piperidine rings is 3. The standard InChI is InChI=1S/C51H62N10O5/c1-2-7-44(50(64)56-34-62)61-32-39-30-38(13-16-43(39)51(61)65)36-19-28-60(29-20-36)45(63)10-6-23-58-24-17-35(18-25-58)31-59-26-21-40(22-27-59)57-49-46(48(53)54-33-55-49)47(52)37-11-14-42(15-12-37)66-41-8-4-3-5-9-41/h3-6,8-16,30,33-36,40,44,52H,2,7,17-29,31-32H2,1H3,(H,56,62,64)(H3,53,54,55,57)/b10-6+,52-47?. The van der Waals surface area contributed by atoms with Gasteiger partial charge in [-0.25, -0.2) is 9.97 Å². The van der Waals surface area contributed by atoms with Gasteiger partial charge in [-0.3, -0.25) is 34.8 Å². The minimum atomic E-state index is -0.682. The number of para-hydroxylation sites is 1. The fourth-order valence-corrected chi connectivity index (χ4v) is 9.95. The van der Waals surface area contributed by atoms with Crippen molar-refractivity contribution in [3.05, 3.63) is 119 Å². The van der Waals surface area contributed by atoms with E-state index in [4.69, 9.17) is 15.9 Å². The van der Waals surface area contributed by atoms with Crippen LogP contribution in [0.3, 0.4) is 0 Å². The molecule has 5 heterocycles. The zero-order chi connectivity index (χ0) is 46.0. The van der Waals surface area contributed by atoms with Gasteiger partial charge in [-0.15, -0.1) is 0 Å². The molecular formula is C51H62N10O5. The Hall–Kier alpha value is -6.45. The Morgan fingerprint density at radius 3 is 2.32 bits per heavy atom. The minimum absolute atomic E-state index is 0.0599. The van der Waals surface area contributed by atoms with Crippen LogP contribution in [0.2, 0.25) is 0 Å². The Bertz CT molecular complexity index is 2370. The van der Waals surface area contributed by atoms with Crippen LogP contribution in [0.1, 0.15) is 96.8 Å². The van der Waals surface area contributed by atoms with E-state index in [2.05, 4.69) is 36.5 Å². The van der Waals surface area contributed by atoms with E-state index in [-0.39, 0.29) is 35.3 Å². The summed E-state index contributed by atoms with van der Waals surface area (Å²) in [5.74, 6) is 2.67. The molecule has 4 aromatic rings. The number of carbonyl (C=O) groups is 4. The number of nitrogen functional groups attached to an aromatic ring is 1. The van der Waals surface area contributed by atoms with E-state index in [0.717, 1.165) is 94.7 Å². The van der Waals surface area contributed by atoms with Gasteiger partial charge in [0, 0.05) is 69.1 Å². The third-order valence-electron chi connectivity index (χ3n) is 13.7. The normalized spacial score (nSPS) is 18.3. The molecule has 3 fully saturated rings. The van der Waals surface area contributed by atoms with Crippen LogP contribution in [-0.4, -0.2) is 124 Å². The van der Waals surface area contributed by atoms with Crippen LogP contribution in [0, 0.1) is 11.3 Å². The van der Waals surface area contributed by atoms with Crippen molar-refractivity contribution in [2.24, 2.45) is 5.92 Å². The Labute approximate surface area is 387 Å². The number of hydrogen-bond acceptors (Lipinski definition) is 12. The Balaban J connectivity index is 0.731. The van der Waals surface area contributed by atoms with Crippen LogP contribution >= 0.6 is 0 Å². The molecule has 0 saturated carbocycles. The van der Waals surface area contributed by atoms with Crippen LogP contribution in [0.5, 0.6) is 11.5 Å². The Kier molecular flexibility index (Phi) is 15.1. The van der Waals surface area contributed by atoms with Crippen molar-refractivity contribution in [3.8, 4) is 11.5 Å². The van der Waals surface area contributed by atoms with Crippen molar-refractivity contribution in [2.45, 2.75) is 82.8 Å². The van der Waals surface area contributed by atoms with Crippen LogP contribution in [-0.2, 0) is 20.9 Å². The average Bonchev–Trinajstić information content (AvgIpc) is 3.67. The number of anilines is 2. The number of nitrogens with two attached hydrogens (primary N) is 1. The summed E-state index contributed by atoms with van der Waals surface area (Å²) in [4.78, 5) is 67.2. The number of imide groups is 1. The van der Waals surface area contributed by atoms with Crippen molar-refractivity contribution >= 4 is 41.5 Å². The van der Waals surface area contributed by atoms with Crippen molar-refractivity contribution in [2.75, 3.05) is 63.4 Å². The highest BCUT2D eigenvalue weighted by molar-refractivity contribution is 6.16. The first-order chi connectivity index (χ1) is 32.2. The summed E-state index contributed by atoms with van der Waals surface area (Å²) in [5, 5.41) is 14.9. The summed E-state index contributed by atoms with van der Waals surface area (Å²) >= 11 is 0. The molecule has 0 spiro atoms. The van der Waals surface area contributed by atoms with E-state index in [1.54, 1.807) is 11.0 Å². The highest BCUT2D eigenvalue weighted by Crippen LogP contribution is 2.34. The lowest BCUT2D eigenvalue weighted by molar-refractivity contribution is -0.129. The molecule has 1 unspecified atom stereocenters. The molecule has 1 aromatic heterocycles. The molecule has 3 saturated heterocycles. The van der Waals surface area contributed by atoms with Crippen LogP contribution in [0.4, 0.5) is 11.6 Å². The first-order valence-electron chi connectivity index (χ1n) is 23.5. The van der Waals surface area contributed by atoms with Gasteiger partial charge in [0.1, 0.15) is 35.5 Å². The summed E-state index contributed by atoms with van der Waals surface area (Å²) in [6, 6.07) is 22.5. The van der Waals surface area contributed by atoms with Crippen LogP contribution in [0.15, 0.2) is 91.3 Å². The summed E-state index contributed by atoms with van der Waals surface area (Å²) in [7, 11) is 0. The van der Waals surface area contributed by atoms with E-state index >= 15 is 0 Å². The first-order valence-corrected chi connectivity index (χ1v) is 23.5. The first kappa shape index (κ1) is 46.1. The molecule has 4 aliphatic rings. The monoisotopic (exact) mass is 894 g/mol. The zero-order valence-electron chi connectivity index (χ0n) is 37.9. The topological polar surface area (TPSA) is 190 Å². The summed E-state index contributed by atoms with van der Waals surface area (Å²) in [5.41, 5.74) is 10.5. The SMILES string of the molecule is CCCC(C(=O)NC=O)N1Cc2cc(C3CCN(C(=O)/C=C/CN4CCC(CN5CCC(Nc6ncnc(N)c6C(=N)c6ccc(Oc7ccccc7)cc6)CC5)CC4)CC3)ccc2C1=O. The Morgan fingerprint density at radius 2 is 1.61 bits per heavy atom. The highest BCUT2D eigenvalue weighted by Gasteiger charge is 2.37. The third kappa shape index (κ3) is 11.1. The second-order valence-corrected chi connectivity index (χ2v) is 18.0. The predicted octanol–water partition coefficient (Wildman–Crippen LogP) is 6.22. The number of nitrogens with one attached hydrogen (secondary N) is 3. The van der Waals surface area contributed by atoms with Gasteiger partial charge in [0.25, 0.3) is 5.91 Å². The number of carbonyl (C=O) groups excluding carboxylic acids is 4. The quantitative estimate of drug-likeness (QED) is 0.0536.